The predicted molar refractivity (Wildman–Crippen MR) is 72.8 cm³/mol. The summed E-state index contributed by atoms with van der Waals surface area (Å²) in [6, 6.07) is 0. The van der Waals surface area contributed by atoms with Crippen LogP contribution < -0.4 is 5.73 Å². The van der Waals surface area contributed by atoms with E-state index in [1.54, 1.807) is 0 Å². The zero-order chi connectivity index (χ0) is 13.1. The lowest BCUT2D eigenvalue weighted by Gasteiger charge is -2.27. The Morgan fingerprint density at radius 2 is 1.94 bits per heavy atom. The Labute approximate surface area is 111 Å². The van der Waals surface area contributed by atoms with Crippen LogP contribution in [0.1, 0.15) is 45.6 Å². The van der Waals surface area contributed by atoms with Gasteiger partial charge in [0.15, 0.2) is 5.82 Å². The second-order valence-corrected chi connectivity index (χ2v) is 4.86. The maximum atomic E-state index is 5.89. The first kappa shape index (κ1) is 14.4. The number of aromatic nitrogens is 2. The summed E-state index contributed by atoms with van der Waals surface area (Å²) >= 11 is 3.41. The number of hydrogen-bond donors (Lipinski definition) is 1. The molecule has 1 rings (SSSR count). The highest BCUT2D eigenvalue weighted by Crippen LogP contribution is 2.30. The Hall–Kier alpha value is -0.680. The molecule has 1 unspecified atom stereocenters. The Bertz CT molecular complexity index is 398. The molecule has 0 aromatic carbocycles. The van der Waals surface area contributed by atoms with E-state index in [2.05, 4.69) is 32.8 Å². The van der Waals surface area contributed by atoms with Gasteiger partial charge in [0, 0.05) is 6.61 Å². The molecule has 5 heteroatoms. The zero-order valence-corrected chi connectivity index (χ0v) is 12.5. The minimum atomic E-state index is -0.465. The van der Waals surface area contributed by atoms with Crippen molar-refractivity contribution in [3.63, 3.8) is 0 Å². The standard InChI is InChI=1S/C12H20BrN3O/c1-5-8-9(13)10(14)16-11(15-8)12(4,6-2)17-7-3/h5-7H2,1-4H3,(H2,14,15,16). The molecule has 1 aromatic heterocycles. The Kier molecular flexibility index (Phi) is 4.89. The summed E-state index contributed by atoms with van der Waals surface area (Å²) in [5.74, 6) is 1.14. The van der Waals surface area contributed by atoms with Crippen LogP contribution in [0, 0.1) is 0 Å². The number of rotatable bonds is 5. The Morgan fingerprint density at radius 3 is 2.41 bits per heavy atom. The summed E-state index contributed by atoms with van der Waals surface area (Å²) in [5, 5.41) is 0. The summed E-state index contributed by atoms with van der Waals surface area (Å²) in [6.45, 7) is 8.70. The van der Waals surface area contributed by atoms with Gasteiger partial charge in [0.25, 0.3) is 0 Å². The molecule has 1 atom stereocenters. The number of nitrogen functional groups attached to an aromatic ring is 1. The highest BCUT2D eigenvalue weighted by molar-refractivity contribution is 9.10. The highest BCUT2D eigenvalue weighted by atomic mass is 79.9. The van der Waals surface area contributed by atoms with E-state index in [-0.39, 0.29) is 0 Å². The van der Waals surface area contributed by atoms with Crippen LogP contribution in [0.15, 0.2) is 4.47 Å². The minimum absolute atomic E-state index is 0.465. The number of hydrogen-bond acceptors (Lipinski definition) is 4. The van der Waals surface area contributed by atoms with Gasteiger partial charge in [-0.1, -0.05) is 13.8 Å². The molecule has 1 aromatic rings. The molecule has 2 N–H and O–H groups in total. The van der Waals surface area contributed by atoms with Gasteiger partial charge in [-0.2, -0.15) is 0 Å². The quantitative estimate of drug-likeness (QED) is 0.908. The maximum absolute atomic E-state index is 5.89. The first-order chi connectivity index (χ1) is 7.98. The fourth-order valence-corrected chi connectivity index (χ4v) is 2.08. The molecule has 0 bridgehead atoms. The highest BCUT2D eigenvalue weighted by Gasteiger charge is 2.29. The third kappa shape index (κ3) is 2.96. The molecule has 0 aliphatic rings. The molecule has 96 valence electrons. The molecule has 0 radical (unpaired) electrons. The summed E-state index contributed by atoms with van der Waals surface area (Å²) in [4.78, 5) is 8.89. The summed E-state index contributed by atoms with van der Waals surface area (Å²) in [5.41, 5.74) is 6.35. The third-order valence-electron chi connectivity index (χ3n) is 2.89. The lowest BCUT2D eigenvalue weighted by molar-refractivity contribution is -0.0391. The minimum Gasteiger partial charge on any atom is -0.383 e. The molecule has 17 heavy (non-hydrogen) atoms. The molecular formula is C12H20BrN3O. The van der Waals surface area contributed by atoms with Crippen molar-refractivity contribution in [1.29, 1.82) is 0 Å². The second kappa shape index (κ2) is 5.78. The van der Waals surface area contributed by atoms with Gasteiger partial charge in [-0.25, -0.2) is 9.97 Å². The summed E-state index contributed by atoms with van der Waals surface area (Å²) in [6.07, 6.45) is 1.62. The average molecular weight is 302 g/mol. The number of halogens is 1. The van der Waals surface area contributed by atoms with E-state index in [0.717, 1.165) is 23.0 Å². The zero-order valence-electron chi connectivity index (χ0n) is 10.9. The molecule has 0 amide bonds. The van der Waals surface area contributed by atoms with E-state index < -0.39 is 5.60 Å². The monoisotopic (exact) mass is 301 g/mol. The molecule has 0 aliphatic heterocycles. The van der Waals surface area contributed by atoms with Gasteiger partial charge in [0.1, 0.15) is 11.4 Å². The van der Waals surface area contributed by atoms with Gasteiger partial charge in [-0.15, -0.1) is 0 Å². The van der Waals surface area contributed by atoms with Gasteiger partial charge in [-0.05, 0) is 42.6 Å². The van der Waals surface area contributed by atoms with E-state index in [1.807, 2.05) is 20.8 Å². The van der Waals surface area contributed by atoms with Gasteiger partial charge < -0.3 is 10.5 Å². The van der Waals surface area contributed by atoms with Crippen LogP contribution in [0.5, 0.6) is 0 Å². The van der Waals surface area contributed by atoms with Crippen LogP contribution in [0.25, 0.3) is 0 Å². The molecule has 0 spiro atoms. The topological polar surface area (TPSA) is 61.0 Å². The van der Waals surface area contributed by atoms with Crippen LogP contribution in [-0.4, -0.2) is 16.6 Å². The average Bonchev–Trinajstić information content (AvgIpc) is 2.32. The van der Waals surface area contributed by atoms with Gasteiger partial charge in [0.05, 0.1) is 10.2 Å². The van der Waals surface area contributed by atoms with Crippen molar-refractivity contribution in [1.82, 2.24) is 9.97 Å². The SMILES string of the molecule is CCOC(C)(CC)c1nc(N)c(Br)c(CC)n1. The lowest BCUT2D eigenvalue weighted by Crippen LogP contribution is -2.29. The number of nitrogens with two attached hydrogens (primary N) is 1. The first-order valence-corrected chi connectivity index (χ1v) is 6.74. The van der Waals surface area contributed by atoms with Gasteiger partial charge in [0.2, 0.25) is 0 Å². The van der Waals surface area contributed by atoms with Gasteiger partial charge >= 0.3 is 0 Å². The number of nitrogens with zero attached hydrogens (tertiary/aromatic N) is 2. The second-order valence-electron chi connectivity index (χ2n) is 4.06. The first-order valence-electron chi connectivity index (χ1n) is 5.94. The third-order valence-corrected chi connectivity index (χ3v) is 3.75. The molecule has 1 heterocycles. The molecule has 0 saturated carbocycles. The molecule has 0 saturated heterocycles. The van der Waals surface area contributed by atoms with Crippen LogP contribution in [0.4, 0.5) is 5.82 Å². The number of anilines is 1. The number of ether oxygens (including phenoxy) is 1. The molecule has 0 aliphatic carbocycles. The lowest BCUT2D eigenvalue weighted by atomic mass is 10.0. The van der Waals surface area contributed by atoms with E-state index in [9.17, 15) is 0 Å². The van der Waals surface area contributed by atoms with E-state index >= 15 is 0 Å². The van der Waals surface area contributed by atoms with Crippen LogP contribution in [0.2, 0.25) is 0 Å². The van der Waals surface area contributed by atoms with E-state index in [1.165, 1.54) is 0 Å². The van der Waals surface area contributed by atoms with Crippen molar-refractivity contribution in [3.05, 3.63) is 16.0 Å². The normalized spacial score (nSPS) is 14.6. The van der Waals surface area contributed by atoms with Crippen molar-refractivity contribution in [3.8, 4) is 0 Å². The smallest absolute Gasteiger partial charge is 0.162 e. The van der Waals surface area contributed by atoms with Crippen LogP contribution in [-0.2, 0) is 16.8 Å². The van der Waals surface area contributed by atoms with Crippen molar-refractivity contribution in [2.75, 3.05) is 12.3 Å². The van der Waals surface area contributed by atoms with Crippen molar-refractivity contribution in [2.45, 2.75) is 46.1 Å². The van der Waals surface area contributed by atoms with E-state index in [4.69, 9.17) is 10.5 Å². The van der Waals surface area contributed by atoms with Gasteiger partial charge in [-0.3, -0.25) is 0 Å². The molecule has 0 fully saturated rings. The summed E-state index contributed by atoms with van der Waals surface area (Å²) < 4.78 is 6.55. The summed E-state index contributed by atoms with van der Waals surface area (Å²) in [7, 11) is 0. The Morgan fingerprint density at radius 1 is 1.29 bits per heavy atom. The van der Waals surface area contributed by atoms with Crippen molar-refractivity contribution in [2.24, 2.45) is 0 Å². The Balaban J connectivity index is 3.25. The van der Waals surface area contributed by atoms with Crippen molar-refractivity contribution >= 4 is 21.7 Å². The van der Waals surface area contributed by atoms with Crippen molar-refractivity contribution < 1.29 is 4.74 Å². The maximum Gasteiger partial charge on any atom is 0.162 e. The molecular weight excluding hydrogens is 282 g/mol. The van der Waals surface area contributed by atoms with Crippen LogP contribution in [0.3, 0.4) is 0 Å². The van der Waals surface area contributed by atoms with Crippen LogP contribution >= 0.6 is 15.9 Å². The number of aryl methyl sites for hydroxylation is 1. The predicted octanol–water partition coefficient (Wildman–Crippen LogP) is 3.05. The fraction of sp³-hybridized carbons (Fsp3) is 0.667. The fourth-order valence-electron chi connectivity index (χ4n) is 1.63. The molecule has 4 nitrogen and oxygen atoms in total. The largest absolute Gasteiger partial charge is 0.383 e. The van der Waals surface area contributed by atoms with E-state index in [0.29, 0.717) is 18.2 Å².